The minimum absolute atomic E-state index is 0.0155. The van der Waals surface area contributed by atoms with E-state index in [1.54, 1.807) is 13.8 Å². The van der Waals surface area contributed by atoms with Crippen molar-refractivity contribution in [3.8, 4) is 0 Å². The number of sulfonamides is 1. The van der Waals surface area contributed by atoms with Crippen LogP contribution >= 0.6 is 11.6 Å². The topological polar surface area (TPSA) is 104 Å². The quantitative estimate of drug-likeness (QED) is 0.796. The van der Waals surface area contributed by atoms with E-state index in [1.807, 2.05) is 0 Å². The molecule has 1 atom stereocenters. The number of aliphatic carboxylic acids is 1. The smallest absolute Gasteiger partial charge is 0.326 e. The number of benzene rings is 1. The normalized spacial score (nSPS) is 13.2. The third-order valence-electron chi connectivity index (χ3n) is 3.17. The Bertz CT molecular complexity index is 716. The minimum atomic E-state index is -3.82. The highest BCUT2D eigenvalue weighted by atomic mass is 35.5. The predicted molar refractivity (Wildman–Crippen MR) is 86.1 cm³/mol. The van der Waals surface area contributed by atoms with E-state index in [0.717, 1.165) is 10.4 Å². The van der Waals surface area contributed by atoms with Crippen LogP contribution in [0.1, 0.15) is 24.2 Å². The van der Waals surface area contributed by atoms with Gasteiger partial charge in [0.05, 0.1) is 5.02 Å². The zero-order valence-corrected chi connectivity index (χ0v) is 14.8. The second-order valence-electron chi connectivity index (χ2n) is 5.47. The van der Waals surface area contributed by atoms with Crippen LogP contribution in [0.25, 0.3) is 0 Å². The van der Waals surface area contributed by atoms with Gasteiger partial charge in [0, 0.05) is 19.7 Å². The molecule has 1 rings (SSSR count). The Morgan fingerprint density at radius 2 is 1.83 bits per heavy atom. The maximum atomic E-state index is 12.2. The molecule has 0 unspecified atom stereocenters. The molecule has 0 saturated carbocycles. The molecule has 0 aliphatic heterocycles. The summed E-state index contributed by atoms with van der Waals surface area (Å²) < 4.78 is 25.3. The number of halogens is 1. The van der Waals surface area contributed by atoms with Crippen molar-refractivity contribution < 1.29 is 23.1 Å². The van der Waals surface area contributed by atoms with Crippen LogP contribution in [-0.2, 0) is 14.8 Å². The van der Waals surface area contributed by atoms with Crippen LogP contribution in [0.15, 0.2) is 23.1 Å². The molecule has 0 bridgehead atoms. The van der Waals surface area contributed by atoms with Crippen molar-refractivity contribution in [3.05, 3.63) is 28.8 Å². The summed E-state index contributed by atoms with van der Waals surface area (Å²) in [6.45, 7) is 3.31. The fourth-order valence-electron chi connectivity index (χ4n) is 1.78. The lowest BCUT2D eigenvalue weighted by molar-refractivity contribution is -0.140. The van der Waals surface area contributed by atoms with E-state index >= 15 is 0 Å². The molecule has 1 amide bonds. The predicted octanol–water partition coefficient (Wildman–Crippen LogP) is 1.43. The molecule has 0 heterocycles. The maximum absolute atomic E-state index is 12.2. The van der Waals surface area contributed by atoms with Gasteiger partial charge in [0.25, 0.3) is 5.91 Å². The second-order valence-corrected chi connectivity index (χ2v) is 7.99. The number of carbonyl (C=O) groups excluding carboxylic acids is 1. The van der Waals surface area contributed by atoms with Gasteiger partial charge in [0.2, 0.25) is 10.0 Å². The average Bonchev–Trinajstić information content (AvgIpc) is 2.43. The summed E-state index contributed by atoms with van der Waals surface area (Å²) >= 11 is 5.90. The summed E-state index contributed by atoms with van der Waals surface area (Å²) in [5.41, 5.74) is 0.0155. The number of hydrogen-bond donors (Lipinski definition) is 2. The molecule has 0 aromatic heterocycles. The number of carboxylic acids is 1. The van der Waals surface area contributed by atoms with E-state index in [0.29, 0.717) is 0 Å². The van der Waals surface area contributed by atoms with Crippen LogP contribution in [-0.4, -0.2) is 49.8 Å². The molecule has 0 aliphatic carbocycles. The standard InChI is InChI=1S/C14H19ClN2O5S/c1-8(2)12(14(19)20)16-13(18)9-5-6-10(15)11(7-9)23(21,22)17(3)4/h5-8,12H,1-4H3,(H,16,18)(H,19,20)/t12-/m1/s1. The summed E-state index contributed by atoms with van der Waals surface area (Å²) in [7, 11) is -1.13. The molecule has 1 aromatic carbocycles. The van der Waals surface area contributed by atoms with Gasteiger partial charge in [-0.1, -0.05) is 25.4 Å². The number of carbonyl (C=O) groups is 2. The summed E-state index contributed by atoms with van der Waals surface area (Å²) in [5.74, 6) is -2.17. The highest BCUT2D eigenvalue weighted by Gasteiger charge is 2.26. The molecule has 1 aromatic rings. The molecular weight excluding hydrogens is 344 g/mol. The molecule has 7 nitrogen and oxygen atoms in total. The van der Waals surface area contributed by atoms with Gasteiger partial charge in [0.1, 0.15) is 10.9 Å². The summed E-state index contributed by atoms with van der Waals surface area (Å²) in [5, 5.41) is 11.5. The summed E-state index contributed by atoms with van der Waals surface area (Å²) in [6, 6.07) is 2.68. The average molecular weight is 363 g/mol. The van der Waals surface area contributed by atoms with E-state index in [-0.39, 0.29) is 21.4 Å². The van der Waals surface area contributed by atoms with E-state index in [4.69, 9.17) is 16.7 Å². The van der Waals surface area contributed by atoms with E-state index in [9.17, 15) is 18.0 Å². The van der Waals surface area contributed by atoms with Crippen LogP contribution in [0.5, 0.6) is 0 Å². The van der Waals surface area contributed by atoms with Crippen molar-refractivity contribution in [3.63, 3.8) is 0 Å². The Morgan fingerprint density at radius 3 is 2.26 bits per heavy atom. The second kappa shape index (κ2) is 7.29. The summed E-state index contributed by atoms with van der Waals surface area (Å²) in [6.07, 6.45) is 0. The van der Waals surface area contributed by atoms with E-state index < -0.39 is 27.9 Å². The SMILES string of the molecule is CC(C)[C@@H](NC(=O)c1ccc(Cl)c(S(=O)(=O)N(C)C)c1)C(=O)O. The zero-order chi connectivity index (χ0) is 17.9. The van der Waals surface area contributed by atoms with Gasteiger partial charge in [-0.25, -0.2) is 17.5 Å². The van der Waals surface area contributed by atoms with Gasteiger partial charge in [0.15, 0.2) is 0 Å². The van der Waals surface area contributed by atoms with E-state index in [1.165, 1.54) is 26.2 Å². The van der Waals surface area contributed by atoms with Crippen LogP contribution in [0.4, 0.5) is 0 Å². The van der Waals surface area contributed by atoms with Gasteiger partial charge < -0.3 is 10.4 Å². The first-order valence-electron chi connectivity index (χ1n) is 6.74. The van der Waals surface area contributed by atoms with Crippen molar-refractivity contribution in [2.24, 2.45) is 5.92 Å². The fourth-order valence-corrected chi connectivity index (χ4v) is 3.17. The lowest BCUT2D eigenvalue weighted by Gasteiger charge is -2.18. The van der Waals surface area contributed by atoms with Gasteiger partial charge in [-0.15, -0.1) is 0 Å². The highest BCUT2D eigenvalue weighted by molar-refractivity contribution is 7.89. The molecule has 0 saturated heterocycles. The van der Waals surface area contributed by atoms with Crippen molar-refractivity contribution in [1.82, 2.24) is 9.62 Å². The van der Waals surface area contributed by atoms with Crippen molar-refractivity contribution in [2.75, 3.05) is 14.1 Å². The number of carboxylic acid groups (broad SMARTS) is 1. The summed E-state index contributed by atoms with van der Waals surface area (Å²) in [4.78, 5) is 23.1. The largest absolute Gasteiger partial charge is 0.480 e. The first-order valence-corrected chi connectivity index (χ1v) is 8.56. The van der Waals surface area contributed by atoms with Crippen LogP contribution in [0.3, 0.4) is 0 Å². The number of rotatable bonds is 6. The molecule has 23 heavy (non-hydrogen) atoms. The molecule has 0 fully saturated rings. The number of nitrogens with one attached hydrogen (secondary N) is 1. The molecule has 9 heteroatoms. The molecule has 128 valence electrons. The third-order valence-corrected chi connectivity index (χ3v) is 5.47. The molecule has 2 N–H and O–H groups in total. The lowest BCUT2D eigenvalue weighted by Crippen LogP contribution is -2.44. The van der Waals surface area contributed by atoms with Gasteiger partial charge in [-0.3, -0.25) is 4.79 Å². The first kappa shape index (κ1) is 19.4. The minimum Gasteiger partial charge on any atom is -0.480 e. The van der Waals surface area contributed by atoms with Crippen molar-refractivity contribution in [1.29, 1.82) is 0 Å². The third kappa shape index (κ3) is 4.43. The lowest BCUT2D eigenvalue weighted by atomic mass is 10.0. The Kier molecular flexibility index (Phi) is 6.15. The number of nitrogens with zero attached hydrogens (tertiary/aromatic N) is 1. The Hall–Kier alpha value is -1.64. The van der Waals surface area contributed by atoms with Crippen molar-refractivity contribution in [2.45, 2.75) is 24.8 Å². The Morgan fingerprint density at radius 1 is 1.26 bits per heavy atom. The van der Waals surface area contributed by atoms with E-state index in [2.05, 4.69) is 5.32 Å². The van der Waals surface area contributed by atoms with Crippen LogP contribution in [0, 0.1) is 5.92 Å². The van der Waals surface area contributed by atoms with Crippen LogP contribution in [0.2, 0.25) is 5.02 Å². The van der Waals surface area contributed by atoms with Gasteiger partial charge in [-0.2, -0.15) is 0 Å². The fraction of sp³-hybridized carbons (Fsp3) is 0.429. The van der Waals surface area contributed by atoms with Crippen molar-refractivity contribution >= 4 is 33.5 Å². The molecular formula is C14H19ClN2O5S. The Labute approximate surface area is 140 Å². The van der Waals surface area contributed by atoms with Gasteiger partial charge >= 0.3 is 5.97 Å². The highest BCUT2D eigenvalue weighted by Crippen LogP contribution is 2.24. The first-order chi connectivity index (χ1) is 10.5. The zero-order valence-electron chi connectivity index (χ0n) is 13.2. The van der Waals surface area contributed by atoms with Crippen LogP contribution < -0.4 is 5.32 Å². The maximum Gasteiger partial charge on any atom is 0.326 e. The Balaban J connectivity index is 3.21. The number of hydrogen-bond acceptors (Lipinski definition) is 4. The van der Waals surface area contributed by atoms with Gasteiger partial charge in [-0.05, 0) is 24.1 Å². The monoisotopic (exact) mass is 362 g/mol. The number of amides is 1. The molecule has 0 radical (unpaired) electrons. The molecule has 0 spiro atoms. The molecule has 0 aliphatic rings.